The zero-order valence-corrected chi connectivity index (χ0v) is 11.6. The van der Waals surface area contributed by atoms with Gasteiger partial charge in [-0.1, -0.05) is 19.3 Å². The Kier molecular flexibility index (Phi) is 5.60. The van der Waals surface area contributed by atoms with Crippen LogP contribution in [0.1, 0.15) is 32.1 Å². The number of morpholine rings is 1. The first-order chi connectivity index (χ1) is 9.66. The SMILES string of the molecule is O=C(NC1CCCCCC1C(=O)O)NN1CCOCC1. The molecule has 3 N–H and O–H groups in total. The van der Waals surface area contributed by atoms with Crippen LogP contribution in [0.15, 0.2) is 0 Å². The molecule has 0 bridgehead atoms. The van der Waals surface area contributed by atoms with Gasteiger partial charge in [-0.05, 0) is 12.8 Å². The first-order valence-corrected chi connectivity index (χ1v) is 7.29. The number of nitrogens with one attached hydrogen (secondary N) is 2. The summed E-state index contributed by atoms with van der Waals surface area (Å²) in [7, 11) is 0. The van der Waals surface area contributed by atoms with E-state index < -0.39 is 11.9 Å². The fourth-order valence-electron chi connectivity index (χ4n) is 2.80. The smallest absolute Gasteiger partial charge is 0.329 e. The molecule has 7 heteroatoms. The lowest BCUT2D eigenvalue weighted by atomic mass is 9.95. The van der Waals surface area contributed by atoms with E-state index in [1.165, 1.54) is 0 Å². The molecule has 2 atom stereocenters. The molecule has 1 saturated heterocycles. The molecule has 0 spiro atoms. The number of rotatable bonds is 3. The zero-order chi connectivity index (χ0) is 14.4. The van der Waals surface area contributed by atoms with E-state index in [0.717, 1.165) is 25.7 Å². The van der Waals surface area contributed by atoms with Crippen molar-refractivity contribution in [1.82, 2.24) is 15.8 Å². The van der Waals surface area contributed by atoms with Crippen LogP contribution in [0, 0.1) is 5.92 Å². The van der Waals surface area contributed by atoms with Gasteiger partial charge in [0.15, 0.2) is 0 Å². The van der Waals surface area contributed by atoms with Gasteiger partial charge in [-0.25, -0.2) is 9.80 Å². The minimum absolute atomic E-state index is 0.281. The van der Waals surface area contributed by atoms with Crippen LogP contribution in [0.3, 0.4) is 0 Å². The summed E-state index contributed by atoms with van der Waals surface area (Å²) in [6.45, 7) is 2.50. The van der Waals surface area contributed by atoms with Crippen molar-refractivity contribution in [2.75, 3.05) is 26.3 Å². The number of aliphatic carboxylic acids is 1. The number of amides is 2. The van der Waals surface area contributed by atoms with Gasteiger partial charge in [0.05, 0.1) is 19.1 Å². The number of carboxylic acid groups (broad SMARTS) is 1. The van der Waals surface area contributed by atoms with Crippen LogP contribution in [0.25, 0.3) is 0 Å². The Morgan fingerprint density at radius 3 is 2.50 bits per heavy atom. The molecule has 2 rings (SSSR count). The Hall–Kier alpha value is -1.34. The fourth-order valence-corrected chi connectivity index (χ4v) is 2.80. The summed E-state index contributed by atoms with van der Waals surface area (Å²) in [6, 6.07) is -0.596. The average Bonchev–Trinajstić information content (AvgIpc) is 2.65. The van der Waals surface area contributed by atoms with Crippen molar-refractivity contribution in [3.63, 3.8) is 0 Å². The minimum atomic E-state index is -0.816. The predicted octanol–water partition coefficient (Wildman–Crippen LogP) is 0.566. The van der Waals surface area contributed by atoms with E-state index in [2.05, 4.69) is 10.7 Å². The lowest BCUT2D eigenvalue weighted by Gasteiger charge is -2.29. The molecule has 0 aromatic rings. The average molecular weight is 285 g/mol. The second-order valence-electron chi connectivity index (χ2n) is 5.37. The van der Waals surface area contributed by atoms with Gasteiger partial charge in [0.1, 0.15) is 0 Å². The maximum Gasteiger partial charge on any atom is 0.329 e. The number of carboxylic acids is 1. The molecule has 0 aromatic heterocycles. The topological polar surface area (TPSA) is 90.9 Å². The number of hydrazine groups is 1. The van der Waals surface area contributed by atoms with E-state index in [-0.39, 0.29) is 12.1 Å². The van der Waals surface area contributed by atoms with Crippen LogP contribution < -0.4 is 10.7 Å². The molecule has 1 saturated carbocycles. The van der Waals surface area contributed by atoms with E-state index in [1.54, 1.807) is 5.01 Å². The number of carbonyl (C=O) groups is 2. The molecule has 2 unspecified atom stereocenters. The highest BCUT2D eigenvalue weighted by Gasteiger charge is 2.30. The standard InChI is InChI=1S/C13H23N3O4/c17-12(18)10-4-2-1-3-5-11(10)14-13(19)15-16-6-8-20-9-7-16/h10-11H,1-9H2,(H,17,18)(H2,14,15,19). The maximum atomic E-state index is 12.0. The van der Waals surface area contributed by atoms with Crippen LogP contribution in [0.4, 0.5) is 4.79 Å². The molecular formula is C13H23N3O4. The Balaban J connectivity index is 1.85. The predicted molar refractivity (Wildman–Crippen MR) is 72.1 cm³/mol. The Bertz CT molecular complexity index is 345. The van der Waals surface area contributed by atoms with Crippen LogP contribution in [-0.2, 0) is 9.53 Å². The Labute approximate surface area is 118 Å². The summed E-state index contributed by atoms with van der Waals surface area (Å²) in [6.07, 6.45) is 4.28. The molecule has 1 heterocycles. The molecule has 20 heavy (non-hydrogen) atoms. The van der Waals surface area contributed by atoms with Crippen molar-refractivity contribution in [3.8, 4) is 0 Å². The van der Waals surface area contributed by atoms with Crippen LogP contribution in [0.5, 0.6) is 0 Å². The second-order valence-corrected chi connectivity index (χ2v) is 5.37. The summed E-state index contributed by atoms with van der Waals surface area (Å²) >= 11 is 0. The summed E-state index contributed by atoms with van der Waals surface area (Å²) < 4.78 is 5.21. The second kappa shape index (κ2) is 7.44. The largest absolute Gasteiger partial charge is 0.481 e. The summed E-state index contributed by atoms with van der Waals surface area (Å²) in [5, 5.41) is 13.9. The van der Waals surface area contributed by atoms with Crippen molar-refractivity contribution in [2.45, 2.75) is 38.1 Å². The molecule has 2 aliphatic rings. The summed E-state index contributed by atoms with van der Waals surface area (Å²) in [5.41, 5.74) is 2.76. The molecule has 2 fully saturated rings. The summed E-state index contributed by atoms with van der Waals surface area (Å²) in [5.74, 6) is -1.29. The van der Waals surface area contributed by atoms with Gasteiger partial charge >= 0.3 is 12.0 Å². The van der Waals surface area contributed by atoms with Gasteiger partial charge in [-0.2, -0.15) is 0 Å². The molecule has 0 radical (unpaired) electrons. The first kappa shape index (κ1) is 15.1. The van der Waals surface area contributed by atoms with E-state index in [9.17, 15) is 14.7 Å². The Morgan fingerprint density at radius 1 is 1.10 bits per heavy atom. The van der Waals surface area contributed by atoms with Gasteiger partial charge in [-0.15, -0.1) is 0 Å². The van der Waals surface area contributed by atoms with Gasteiger partial charge in [0.25, 0.3) is 0 Å². The molecule has 7 nitrogen and oxygen atoms in total. The van der Waals surface area contributed by atoms with Gasteiger partial charge in [0.2, 0.25) is 0 Å². The lowest BCUT2D eigenvalue weighted by Crippen LogP contribution is -2.55. The molecule has 2 amide bonds. The van der Waals surface area contributed by atoms with Crippen molar-refractivity contribution >= 4 is 12.0 Å². The molecular weight excluding hydrogens is 262 g/mol. The van der Waals surface area contributed by atoms with Crippen molar-refractivity contribution in [3.05, 3.63) is 0 Å². The van der Waals surface area contributed by atoms with Gasteiger partial charge in [0, 0.05) is 19.1 Å². The van der Waals surface area contributed by atoms with Gasteiger partial charge in [-0.3, -0.25) is 10.2 Å². The first-order valence-electron chi connectivity index (χ1n) is 7.29. The number of nitrogens with zero attached hydrogens (tertiary/aromatic N) is 1. The van der Waals surface area contributed by atoms with Crippen molar-refractivity contribution < 1.29 is 19.4 Å². The molecule has 1 aliphatic carbocycles. The van der Waals surface area contributed by atoms with E-state index in [0.29, 0.717) is 32.7 Å². The monoisotopic (exact) mass is 285 g/mol. The number of hydrogen-bond donors (Lipinski definition) is 3. The van der Waals surface area contributed by atoms with Crippen LogP contribution in [0.2, 0.25) is 0 Å². The highest BCUT2D eigenvalue weighted by atomic mass is 16.5. The third kappa shape index (κ3) is 4.35. The Morgan fingerprint density at radius 2 is 1.80 bits per heavy atom. The van der Waals surface area contributed by atoms with Crippen molar-refractivity contribution in [2.24, 2.45) is 5.92 Å². The zero-order valence-electron chi connectivity index (χ0n) is 11.6. The van der Waals surface area contributed by atoms with E-state index >= 15 is 0 Å². The number of ether oxygens (including phenoxy) is 1. The molecule has 0 aromatic carbocycles. The lowest BCUT2D eigenvalue weighted by molar-refractivity contribution is -0.142. The highest BCUT2D eigenvalue weighted by Crippen LogP contribution is 2.23. The number of carbonyl (C=O) groups excluding carboxylic acids is 1. The maximum absolute atomic E-state index is 12.0. The number of hydrogen-bond acceptors (Lipinski definition) is 4. The fraction of sp³-hybridized carbons (Fsp3) is 0.846. The molecule has 114 valence electrons. The normalized spacial score (nSPS) is 28.4. The third-order valence-electron chi connectivity index (χ3n) is 3.92. The highest BCUT2D eigenvalue weighted by molar-refractivity contribution is 5.76. The third-order valence-corrected chi connectivity index (χ3v) is 3.92. The number of urea groups is 1. The van der Waals surface area contributed by atoms with Crippen LogP contribution >= 0.6 is 0 Å². The molecule has 1 aliphatic heterocycles. The van der Waals surface area contributed by atoms with Crippen LogP contribution in [-0.4, -0.2) is 54.5 Å². The minimum Gasteiger partial charge on any atom is -0.481 e. The van der Waals surface area contributed by atoms with Gasteiger partial charge < -0.3 is 15.2 Å². The quantitative estimate of drug-likeness (QED) is 0.659. The van der Waals surface area contributed by atoms with Crippen molar-refractivity contribution in [1.29, 1.82) is 0 Å². The summed E-state index contributed by atoms with van der Waals surface area (Å²) in [4.78, 5) is 23.3. The van der Waals surface area contributed by atoms with E-state index in [1.807, 2.05) is 0 Å². The van der Waals surface area contributed by atoms with E-state index in [4.69, 9.17) is 4.74 Å².